The molecule has 12 heteroatoms. The summed E-state index contributed by atoms with van der Waals surface area (Å²) in [6.45, 7) is 8.75. The van der Waals surface area contributed by atoms with Gasteiger partial charge in [0.05, 0.1) is 32.1 Å². The molecule has 60 heavy (non-hydrogen) atoms. The molecule has 0 N–H and O–H groups in total. The van der Waals surface area contributed by atoms with Crippen LogP contribution in [0.25, 0.3) is 45.5 Å². The number of nitrogens with zero attached hydrogens (tertiary/aromatic N) is 6. The lowest BCUT2D eigenvalue weighted by atomic mass is 9.72. The number of non-ortho nitro benzene ring substituents is 2. The molecule has 12 nitrogen and oxygen atoms in total. The zero-order valence-electron chi connectivity index (χ0n) is 33.8. The fourth-order valence-electron chi connectivity index (χ4n) is 10.2. The summed E-state index contributed by atoms with van der Waals surface area (Å²) in [6, 6.07) is 26.2. The second-order valence-electron chi connectivity index (χ2n) is 16.8. The Bertz CT molecular complexity index is 2700. The summed E-state index contributed by atoms with van der Waals surface area (Å²) in [5.74, 6) is 1.11. The molecule has 4 aromatic carbocycles. The molecule has 0 aliphatic carbocycles. The first-order valence-corrected chi connectivity index (χ1v) is 19.7. The number of hydrogen-bond donors (Lipinski definition) is 0. The minimum absolute atomic E-state index is 0.00184. The van der Waals surface area contributed by atoms with Crippen LogP contribution in [-0.4, -0.2) is 45.4 Å². The largest absolute Gasteiger partial charge is 0.463 e. The van der Waals surface area contributed by atoms with Crippen LogP contribution < -0.4 is 19.3 Å². The van der Waals surface area contributed by atoms with Crippen molar-refractivity contribution in [3.63, 3.8) is 0 Å². The zero-order valence-corrected chi connectivity index (χ0v) is 33.8. The first-order valence-electron chi connectivity index (χ1n) is 19.7. The number of aromatic nitrogens is 2. The van der Waals surface area contributed by atoms with E-state index in [0.29, 0.717) is 22.6 Å². The second kappa shape index (κ2) is 12.6. The van der Waals surface area contributed by atoms with Crippen LogP contribution in [0.3, 0.4) is 0 Å². The maximum Gasteiger partial charge on any atom is 0.270 e. The second-order valence-corrected chi connectivity index (χ2v) is 16.8. The summed E-state index contributed by atoms with van der Waals surface area (Å²) in [5, 5.41) is 23.4. The quantitative estimate of drug-likeness (QED) is 0.122. The minimum Gasteiger partial charge on any atom is -0.463 e. The van der Waals surface area contributed by atoms with E-state index in [9.17, 15) is 20.2 Å². The van der Waals surface area contributed by atoms with Crippen molar-refractivity contribution in [2.75, 3.05) is 23.9 Å². The van der Waals surface area contributed by atoms with Crippen LogP contribution in [0.15, 0.2) is 122 Å². The van der Waals surface area contributed by atoms with E-state index in [1.807, 2.05) is 48.6 Å². The number of likely N-dealkylation sites (N-methyl/N-ethyl adjacent to an activating group) is 2. The van der Waals surface area contributed by atoms with E-state index < -0.39 is 32.1 Å². The molecule has 6 heterocycles. The third-order valence-corrected chi connectivity index (χ3v) is 13.3. The number of pyridine rings is 2. The van der Waals surface area contributed by atoms with Crippen molar-refractivity contribution >= 4 is 34.9 Å². The van der Waals surface area contributed by atoms with Crippen molar-refractivity contribution in [3.8, 4) is 44.9 Å². The average Bonchev–Trinajstić information content (AvgIpc) is 3.53. The van der Waals surface area contributed by atoms with Crippen molar-refractivity contribution in [1.82, 2.24) is 9.97 Å². The van der Waals surface area contributed by atoms with Gasteiger partial charge in [0, 0.05) is 85.4 Å². The monoisotopic (exact) mass is 796 g/mol. The number of nitro benzene ring substituents is 2. The average molecular weight is 797 g/mol. The first-order chi connectivity index (χ1) is 28.7. The van der Waals surface area contributed by atoms with E-state index in [4.69, 9.17) is 9.47 Å². The van der Waals surface area contributed by atoms with Crippen LogP contribution in [0.4, 0.5) is 22.7 Å². The Kier molecular flexibility index (Phi) is 7.75. The van der Waals surface area contributed by atoms with Crippen LogP contribution in [0.2, 0.25) is 0 Å². The Hall–Kier alpha value is -7.34. The van der Waals surface area contributed by atoms with Gasteiger partial charge in [-0.05, 0) is 122 Å². The van der Waals surface area contributed by atoms with Gasteiger partial charge in [-0.15, -0.1) is 0 Å². The molecule has 298 valence electrons. The third kappa shape index (κ3) is 4.84. The van der Waals surface area contributed by atoms with Crippen molar-refractivity contribution in [1.29, 1.82) is 0 Å². The van der Waals surface area contributed by atoms with Gasteiger partial charge in [-0.1, -0.05) is 24.3 Å². The third-order valence-electron chi connectivity index (χ3n) is 13.3. The van der Waals surface area contributed by atoms with E-state index in [-0.39, 0.29) is 11.4 Å². The zero-order chi connectivity index (χ0) is 41.9. The van der Waals surface area contributed by atoms with Gasteiger partial charge in [0.1, 0.15) is 11.5 Å². The van der Waals surface area contributed by atoms with Gasteiger partial charge < -0.3 is 19.3 Å². The fourth-order valence-corrected chi connectivity index (χ4v) is 10.2. The number of anilines is 2. The highest BCUT2D eigenvalue weighted by atomic mass is 16.6. The molecule has 0 unspecified atom stereocenters. The molecule has 0 radical (unpaired) electrons. The molecule has 0 amide bonds. The Balaban J connectivity index is 1.22. The highest BCUT2D eigenvalue weighted by molar-refractivity contribution is 6.00. The molecule has 2 aromatic heterocycles. The highest BCUT2D eigenvalue weighted by Crippen LogP contribution is 2.64. The van der Waals surface area contributed by atoms with Crippen LogP contribution in [0, 0.1) is 20.2 Å². The first kappa shape index (κ1) is 37.0. The van der Waals surface area contributed by atoms with E-state index in [1.54, 1.807) is 49.1 Å². The predicted octanol–water partition coefficient (Wildman–Crippen LogP) is 10.4. The maximum absolute atomic E-state index is 11.7. The van der Waals surface area contributed by atoms with Crippen LogP contribution in [-0.2, 0) is 10.8 Å². The lowest BCUT2D eigenvalue weighted by molar-refractivity contribution is -0.385. The van der Waals surface area contributed by atoms with Gasteiger partial charge in [-0.2, -0.15) is 0 Å². The molecule has 4 aliphatic rings. The SMILES string of the molecule is CN1c2c(-c3ccc(-c4ccncc4)c4c3N(C)[C@]3(C=Cc5cc([N+](=O)[O-])ccc5O3)C4(C)C)ccc(-c3ccncc3)c2C(C)(C)[C@@]12C=Cc1cc([N+](=O)[O-])ccc1O2. The summed E-state index contributed by atoms with van der Waals surface area (Å²) < 4.78 is 14.2. The van der Waals surface area contributed by atoms with Gasteiger partial charge in [-0.3, -0.25) is 30.2 Å². The van der Waals surface area contributed by atoms with E-state index >= 15 is 0 Å². The van der Waals surface area contributed by atoms with E-state index in [2.05, 4.69) is 85.8 Å². The Morgan fingerprint density at radius 3 is 1.27 bits per heavy atom. The fraction of sp³-hybridized carbons (Fsp3) is 0.208. The predicted molar refractivity (Wildman–Crippen MR) is 232 cm³/mol. The van der Waals surface area contributed by atoms with E-state index in [1.165, 1.54) is 12.1 Å². The molecule has 0 saturated heterocycles. The molecule has 6 aromatic rings. The van der Waals surface area contributed by atoms with Gasteiger partial charge in [0.25, 0.3) is 11.4 Å². The van der Waals surface area contributed by atoms with Crippen LogP contribution in [0.1, 0.15) is 49.9 Å². The molecular weight excluding hydrogens is 757 g/mol. The van der Waals surface area contributed by atoms with Gasteiger partial charge >= 0.3 is 0 Å². The molecular formula is C48H40N6O6. The summed E-state index contributed by atoms with van der Waals surface area (Å²) in [6.07, 6.45) is 15.1. The Morgan fingerprint density at radius 2 is 0.900 bits per heavy atom. The topological polar surface area (TPSA) is 137 Å². The number of fused-ring (bicyclic) bond motifs is 4. The lowest BCUT2D eigenvalue weighted by Crippen LogP contribution is -2.58. The molecule has 10 rings (SSSR count). The van der Waals surface area contributed by atoms with Crippen molar-refractivity contribution < 1.29 is 19.3 Å². The summed E-state index contributed by atoms with van der Waals surface area (Å²) in [7, 11) is 4.11. The number of ether oxygens (including phenoxy) is 2. The minimum atomic E-state index is -1.02. The molecule has 4 aliphatic heterocycles. The van der Waals surface area contributed by atoms with Crippen LogP contribution >= 0.6 is 0 Å². The maximum atomic E-state index is 11.7. The smallest absolute Gasteiger partial charge is 0.270 e. The number of nitro groups is 2. The number of benzene rings is 4. The van der Waals surface area contributed by atoms with Crippen LogP contribution in [0.5, 0.6) is 11.5 Å². The number of hydrogen-bond acceptors (Lipinski definition) is 10. The lowest BCUT2D eigenvalue weighted by Gasteiger charge is -2.46. The molecule has 2 atom stereocenters. The molecule has 0 fully saturated rings. The van der Waals surface area contributed by atoms with Crippen molar-refractivity contribution in [2.45, 2.75) is 50.0 Å². The highest BCUT2D eigenvalue weighted by Gasteiger charge is 2.62. The summed E-state index contributed by atoms with van der Waals surface area (Å²) >= 11 is 0. The Morgan fingerprint density at radius 1 is 0.533 bits per heavy atom. The summed E-state index contributed by atoms with van der Waals surface area (Å²) in [4.78, 5) is 35.7. The van der Waals surface area contributed by atoms with E-state index in [0.717, 1.165) is 55.9 Å². The number of rotatable bonds is 5. The van der Waals surface area contributed by atoms with Gasteiger partial charge in [-0.25, -0.2) is 0 Å². The van der Waals surface area contributed by atoms with Gasteiger partial charge in [0.15, 0.2) is 0 Å². The normalized spacial score (nSPS) is 20.9. The molecule has 2 spiro atoms. The molecule has 0 bridgehead atoms. The molecule has 0 saturated carbocycles. The standard InChI is InChI=1S/C48H40N6O6/c1-45(2)41-35(29-17-23-49-24-18-29)9-11-37(43(41)51(5)47(45)21-15-31-27-33(53(55)56)7-13-39(31)59-47)38-12-10-36(30-19-25-50-26-20-30)42-44(38)52(6)48(46(42,3)4)22-16-32-28-34(54(57)58)8-14-40(32)60-48/h7-28H,1-6H3/t47-,48-/m0/s1. The van der Waals surface area contributed by atoms with Crippen molar-refractivity contribution in [3.05, 3.63) is 164 Å². The van der Waals surface area contributed by atoms with Gasteiger partial charge in [0.2, 0.25) is 11.4 Å². The summed E-state index contributed by atoms with van der Waals surface area (Å²) in [5.41, 5.74) is 8.06. The van der Waals surface area contributed by atoms with Crippen molar-refractivity contribution in [2.24, 2.45) is 0 Å². The Labute approximate surface area is 346 Å².